The molecule has 0 bridgehead atoms. The standard InChI is InChI=1S/C20H15NO/c21-14-16-10-12-18(13-11-16)19-8-4-5-9-20(19)22-15-17-6-2-1-3-7-17/h1-13H,15H2. The monoisotopic (exact) mass is 285 g/mol. The maximum Gasteiger partial charge on any atom is 0.127 e. The van der Waals surface area contributed by atoms with Gasteiger partial charge in [-0.25, -0.2) is 0 Å². The Morgan fingerprint density at radius 1 is 0.773 bits per heavy atom. The van der Waals surface area contributed by atoms with Crippen LogP contribution in [-0.2, 0) is 6.61 Å². The summed E-state index contributed by atoms with van der Waals surface area (Å²) in [4.78, 5) is 0. The number of nitrogens with zero attached hydrogens (tertiary/aromatic N) is 1. The molecule has 0 saturated carbocycles. The maximum atomic E-state index is 8.89. The van der Waals surface area contributed by atoms with Gasteiger partial charge in [0.1, 0.15) is 12.4 Å². The third-order valence-electron chi connectivity index (χ3n) is 3.45. The van der Waals surface area contributed by atoms with Crippen molar-refractivity contribution in [3.63, 3.8) is 0 Å². The van der Waals surface area contributed by atoms with Crippen LogP contribution >= 0.6 is 0 Å². The first-order valence-corrected chi connectivity index (χ1v) is 7.13. The van der Waals surface area contributed by atoms with E-state index < -0.39 is 0 Å². The Kier molecular flexibility index (Phi) is 4.17. The van der Waals surface area contributed by atoms with Gasteiger partial charge < -0.3 is 4.74 Å². The molecule has 0 aliphatic heterocycles. The van der Waals surface area contributed by atoms with Crippen molar-refractivity contribution in [1.29, 1.82) is 5.26 Å². The lowest BCUT2D eigenvalue weighted by Gasteiger charge is -2.12. The molecule has 2 heteroatoms. The molecule has 0 radical (unpaired) electrons. The Hall–Kier alpha value is -3.05. The zero-order chi connectivity index (χ0) is 15.2. The second kappa shape index (κ2) is 6.60. The van der Waals surface area contributed by atoms with E-state index in [0.29, 0.717) is 12.2 Å². The smallest absolute Gasteiger partial charge is 0.127 e. The molecule has 3 rings (SSSR count). The van der Waals surface area contributed by atoms with E-state index in [1.54, 1.807) is 0 Å². The second-order valence-corrected chi connectivity index (χ2v) is 4.96. The van der Waals surface area contributed by atoms with Crippen LogP contribution in [-0.4, -0.2) is 0 Å². The van der Waals surface area contributed by atoms with E-state index in [0.717, 1.165) is 22.4 Å². The van der Waals surface area contributed by atoms with Gasteiger partial charge in [0.05, 0.1) is 11.6 Å². The Morgan fingerprint density at radius 2 is 1.45 bits per heavy atom. The highest BCUT2D eigenvalue weighted by Gasteiger charge is 2.06. The normalized spacial score (nSPS) is 9.95. The van der Waals surface area contributed by atoms with Gasteiger partial charge in [0.25, 0.3) is 0 Å². The quantitative estimate of drug-likeness (QED) is 0.689. The van der Waals surface area contributed by atoms with Crippen LogP contribution in [0.3, 0.4) is 0 Å². The lowest BCUT2D eigenvalue weighted by Crippen LogP contribution is -1.96. The van der Waals surface area contributed by atoms with Gasteiger partial charge in [-0.2, -0.15) is 5.26 Å². The average molecular weight is 285 g/mol. The van der Waals surface area contributed by atoms with Crippen molar-refractivity contribution in [2.45, 2.75) is 6.61 Å². The summed E-state index contributed by atoms with van der Waals surface area (Å²) in [6.45, 7) is 0.536. The molecule has 0 aliphatic carbocycles. The number of para-hydroxylation sites is 1. The van der Waals surface area contributed by atoms with Gasteiger partial charge in [0.15, 0.2) is 0 Å². The van der Waals surface area contributed by atoms with Crippen molar-refractivity contribution in [2.24, 2.45) is 0 Å². The summed E-state index contributed by atoms with van der Waals surface area (Å²) in [5.41, 5.74) is 3.87. The van der Waals surface area contributed by atoms with Crippen LogP contribution in [0.1, 0.15) is 11.1 Å². The van der Waals surface area contributed by atoms with Crippen molar-refractivity contribution < 1.29 is 4.74 Å². The highest BCUT2D eigenvalue weighted by molar-refractivity contribution is 5.70. The molecule has 3 aromatic carbocycles. The second-order valence-electron chi connectivity index (χ2n) is 4.96. The first kappa shape index (κ1) is 13.9. The van der Waals surface area contributed by atoms with E-state index in [4.69, 9.17) is 10.00 Å². The van der Waals surface area contributed by atoms with Crippen molar-refractivity contribution >= 4 is 0 Å². The number of hydrogen-bond acceptors (Lipinski definition) is 2. The molecule has 0 fully saturated rings. The molecule has 0 saturated heterocycles. The lowest BCUT2D eigenvalue weighted by atomic mass is 10.0. The largest absolute Gasteiger partial charge is 0.488 e. The molecule has 0 spiro atoms. The number of hydrogen-bond donors (Lipinski definition) is 0. The predicted octanol–water partition coefficient (Wildman–Crippen LogP) is 4.80. The van der Waals surface area contributed by atoms with Crippen LogP contribution < -0.4 is 4.74 Å². The Morgan fingerprint density at radius 3 is 2.18 bits per heavy atom. The average Bonchev–Trinajstić information content (AvgIpc) is 2.61. The van der Waals surface area contributed by atoms with E-state index in [2.05, 4.69) is 6.07 Å². The zero-order valence-corrected chi connectivity index (χ0v) is 12.1. The van der Waals surface area contributed by atoms with E-state index in [9.17, 15) is 0 Å². The van der Waals surface area contributed by atoms with Gasteiger partial charge in [-0.05, 0) is 29.3 Å². The summed E-state index contributed by atoms with van der Waals surface area (Å²) in [5, 5.41) is 8.89. The Bertz CT molecular complexity index is 786. The molecule has 0 heterocycles. The minimum atomic E-state index is 0.536. The number of nitriles is 1. The van der Waals surface area contributed by atoms with E-state index in [-0.39, 0.29) is 0 Å². The molecule has 22 heavy (non-hydrogen) atoms. The van der Waals surface area contributed by atoms with E-state index in [1.807, 2.05) is 78.9 Å². The fraction of sp³-hybridized carbons (Fsp3) is 0.0500. The first-order valence-electron chi connectivity index (χ1n) is 7.13. The lowest BCUT2D eigenvalue weighted by molar-refractivity contribution is 0.307. The highest BCUT2D eigenvalue weighted by atomic mass is 16.5. The molecule has 0 atom stereocenters. The van der Waals surface area contributed by atoms with Gasteiger partial charge in [-0.15, -0.1) is 0 Å². The van der Waals surface area contributed by atoms with Gasteiger partial charge in [-0.3, -0.25) is 0 Å². The van der Waals surface area contributed by atoms with Gasteiger partial charge >= 0.3 is 0 Å². The van der Waals surface area contributed by atoms with Crippen LogP contribution in [0.5, 0.6) is 5.75 Å². The third-order valence-corrected chi connectivity index (χ3v) is 3.45. The zero-order valence-electron chi connectivity index (χ0n) is 12.1. The highest BCUT2D eigenvalue weighted by Crippen LogP contribution is 2.30. The maximum absolute atomic E-state index is 8.89. The molecule has 0 N–H and O–H groups in total. The van der Waals surface area contributed by atoms with Crippen LogP contribution in [0.15, 0.2) is 78.9 Å². The molecule has 3 aromatic rings. The predicted molar refractivity (Wildman–Crippen MR) is 87.4 cm³/mol. The van der Waals surface area contributed by atoms with Crippen LogP contribution in [0.2, 0.25) is 0 Å². The molecule has 0 unspecified atom stereocenters. The number of ether oxygens (including phenoxy) is 1. The minimum absolute atomic E-state index is 0.536. The topological polar surface area (TPSA) is 33.0 Å². The molecule has 106 valence electrons. The van der Waals surface area contributed by atoms with Crippen molar-refractivity contribution in [1.82, 2.24) is 0 Å². The van der Waals surface area contributed by atoms with Crippen LogP contribution in [0.25, 0.3) is 11.1 Å². The summed E-state index contributed by atoms with van der Waals surface area (Å²) in [6.07, 6.45) is 0. The van der Waals surface area contributed by atoms with Gasteiger partial charge in [0.2, 0.25) is 0 Å². The molecule has 0 aromatic heterocycles. The Labute approximate surface area is 130 Å². The number of benzene rings is 3. The summed E-state index contributed by atoms with van der Waals surface area (Å²) < 4.78 is 5.97. The minimum Gasteiger partial charge on any atom is -0.488 e. The summed E-state index contributed by atoms with van der Waals surface area (Å²) in [5.74, 6) is 0.844. The molecular weight excluding hydrogens is 270 g/mol. The number of rotatable bonds is 4. The summed E-state index contributed by atoms with van der Waals surface area (Å²) in [7, 11) is 0. The first-order chi connectivity index (χ1) is 10.9. The van der Waals surface area contributed by atoms with Gasteiger partial charge in [-0.1, -0.05) is 60.7 Å². The molecule has 0 amide bonds. The molecule has 2 nitrogen and oxygen atoms in total. The van der Waals surface area contributed by atoms with Crippen molar-refractivity contribution in [2.75, 3.05) is 0 Å². The Balaban J connectivity index is 1.84. The molecular formula is C20H15NO. The fourth-order valence-electron chi connectivity index (χ4n) is 2.29. The van der Waals surface area contributed by atoms with Gasteiger partial charge in [0, 0.05) is 5.56 Å². The summed E-state index contributed by atoms with van der Waals surface area (Å²) >= 11 is 0. The van der Waals surface area contributed by atoms with Crippen molar-refractivity contribution in [3.05, 3.63) is 90.0 Å². The van der Waals surface area contributed by atoms with Crippen LogP contribution in [0.4, 0.5) is 0 Å². The fourth-order valence-corrected chi connectivity index (χ4v) is 2.29. The van der Waals surface area contributed by atoms with Crippen molar-refractivity contribution in [3.8, 4) is 22.9 Å². The molecule has 0 aliphatic rings. The van der Waals surface area contributed by atoms with E-state index >= 15 is 0 Å². The third kappa shape index (κ3) is 3.16. The van der Waals surface area contributed by atoms with E-state index in [1.165, 1.54) is 0 Å². The summed E-state index contributed by atoms with van der Waals surface area (Å²) in [6, 6.07) is 27.7. The SMILES string of the molecule is N#Cc1ccc(-c2ccccc2OCc2ccccc2)cc1. The van der Waals surface area contributed by atoms with Crippen LogP contribution in [0, 0.1) is 11.3 Å².